The summed E-state index contributed by atoms with van der Waals surface area (Å²) in [6, 6.07) is 5.35. The van der Waals surface area contributed by atoms with Gasteiger partial charge in [0.25, 0.3) is 0 Å². The fourth-order valence-electron chi connectivity index (χ4n) is 1.96. The number of nitrogens with zero attached hydrogens (tertiary/aromatic N) is 2. The highest BCUT2D eigenvalue weighted by Crippen LogP contribution is 2.36. The van der Waals surface area contributed by atoms with Crippen molar-refractivity contribution in [2.45, 2.75) is 6.04 Å². The predicted molar refractivity (Wildman–Crippen MR) is 70.7 cm³/mol. The van der Waals surface area contributed by atoms with Gasteiger partial charge in [-0.15, -0.1) is 0 Å². The number of hydrogen-bond donors (Lipinski definition) is 2. The zero-order chi connectivity index (χ0) is 13.7. The van der Waals surface area contributed by atoms with Crippen LogP contribution in [0.5, 0.6) is 11.5 Å². The highest BCUT2D eigenvalue weighted by Gasteiger charge is 2.20. The smallest absolute Gasteiger partial charge is 0.165 e. The van der Waals surface area contributed by atoms with Crippen molar-refractivity contribution in [3.8, 4) is 11.5 Å². The molecule has 6 nitrogen and oxygen atoms in total. The molecule has 0 aliphatic heterocycles. The van der Waals surface area contributed by atoms with Crippen molar-refractivity contribution < 1.29 is 9.47 Å². The van der Waals surface area contributed by atoms with E-state index < -0.39 is 0 Å². The van der Waals surface area contributed by atoms with E-state index in [1.807, 2.05) is 18.2 Å². The van der Waals surface area contributed by atoms with Gasteiger partial charge in [0.05, 0.1) is 20.3 Å². The summed E-state index contributed by atoms with van der Waals surface area (Å²) in [6.07, 6.45) is 4.88. The largest absolute Gasteiger partial charge is 0.493 e. The number of aromatic nitrogens is 2. The second-order valence-electron chi connectivity index (χ2n) is 3.85. The van der Waals surface area contributed by atoms with Crippen LogP contribution in [0.2, 0.25) is 0 Å². The average molecular weight is 260 g/mol. The summed E-state index contributed by atoms with van der Waals surface area (Å²) in [5, 5.41) is 0. The number of para-hydroxylation sites is 1. The lowest BCUT2D eigenvalue weighted by Gasteiger charge is -2.20. The van der Waals surface area contributed by atoms with Crippen molar-refractivity contribution in [1.82, 2.24) is 15.4 Å². The number of rotatable bonds is 5. The van der Waals surface area contributed by atoms with Crippen molar-refractivity contribution in [2.75, 3.05) is 14.2 Å². The van der Waals surface area contributed by atoms with E-state index in [9.17, 15) is 0 Å². The van der Waals surface area contributed by atoms with E-state index in [0.717, 1.165) is 11.1 Å². The number of nitrogens with two attached hydrogens (primary N) is 1. The van der Waals surface area contributed by atoms with E-state index in [1.54, 1.807) is 26.6 Å². The third-order valence-electron chi connectivity index (χ3n) is 2.82. The van der Waals surface area contributed by atoms with Gasteiger partial charge in [0.1, 0.15) is 6.33 Å². The standard InChI is InChI=1S/C13H16N4O2/c1-18-11-5-3-4-10(13(11)19-2)12(17-14)9-6-15-8-16-7-9/h3-8,12,17H,14H2,1-2H3. The van der Waals surface area contributed by atoms with Crippen molar-refractivity contribution in [3.63, 3.8) is 0 Å². The monoisotopic (exact) mass is 260 g/mol. The second-order valence-corrected chi connectivity index (χ2v) is 3.85. The quantitative estimate of drug-likeness (QED) is 0.617. The van der Waals surface area contributed by atoms with Crippen LogP contribution in [-0.2, 0) is 0 Å². The molecule has 2 rings (SSSR count). The van der Waals surface area contributed by atoms with Crippen LogP contribution < -0.4 is 20.7 Å². The number of nitrogens with one attached hydrogen (secondary N) is 1. The molecule has 0 aliphatic carbocycles. The minimum absolute atomic E-state index is 0.272. The Hall–Kier alpha value is -2.18. The molecule has 0 saturated carbocycles. The maximum Gasteiger partial charge on any atom is 0.165 e. The first-order valence-electron chi connectivity index (χ1n) is 5.73. The molecule has 0 saturated heterocycles. The molecule has 1 aromatic heterocycles. The molecule has 1 atom stereocenters. The van der Waals surface area contributed by atoms with Crippen LogP contribution in [0, 0.1) is 0 Å². The molecule has 0 spiro atoms. The van der Waals surface area contributed by atoms with Crippen molar-refractivity contribution >= 4 is 0 Å². The Bertz CT molecular complexity index is 533. The van der Waals surface area contributed by atoms with Crippen LogP contribution in [0.25, 0.3) is 0 Å². The summed E-state index contributed by atoms with van der Waals surface area (Å²) in [6.45, 7) is 0. The van der Waals surface area contributed by atoms with Gasteiger partial charge in [-0.2, -0.15) is 0 Å². The normalized spacial score (nSPS) is 11.9. The van der Waals surface area contributed by atoms with Crippen molar-refractivity contribution in [3.05, 3.63) is 48.0 Å². The van der Waals surface area contributed by atoms with Crippen LogP contribution >= 0.6 is 0 Å². The molecule has 6 heteroatoms. The van der Waals surface area contributed by atoms with Crippen LogP contribution in [0.15, 0.2) is 36.9 Å². The predicted octanol–water partition coefficient (Wildman–Crippen LogP) is 1.05. The molecule has 3 N–H and O–H groups in total. The summed E-state index contributed by atoms with van der Waals surface area (Å²) in [5.74, 6) is 6.94. The molecule has 0 fully saturated rings. The van der Waals surface area contributed by atoms with Gasteiger partial charge in [-0.3, -0.25) is 5.84 Å². The van der Waals surface area contributed by atoms with Crippen molar-refractivity contribution in [2.24, 2.45) is 5.84 Å². The lowest BCUT2D eigenvalue weighted by atomic mass is 10.0. The molecule has 2 aromatic rings. The van der Waals surface area contributed by atoms with Gasteiger partial charge in [-0.25, -0.2) is 15.4 Å². The highest BCUT2D eigenvalue weighted by atomic mass is 16.5. The third-order valence-corrected chi connectivity index (χ3v) is 2.82. The SMILES string of the molecule is COc1cccc(C(NN)c2cncnc2)c1OC. The minimum Gasteiger partial charge on any atom is -0.493 e. The lowest BCUT2D eigenvalue weighted by molar-refractivity contribution is 0.349. The number of hydrogen-bond acceptors (Lipinski definition) is 6. The van der Waals surface area contributed by atoms with Gasteiger partial charge < -0.3 is 9.47 Å². The fourth-order valence-corrected chi connectivity index (χ4v) is 1.96. The molecule has 0 amide bonds. The van der Waals surface area contributed by atoms with Gasteiger partial charge in [-0.05, 0) is 6.07 Å². The molecular formula is C13H16N4O2. The van der Waals surface area contributed by atoms with Crippen LogP contribution in [0.1, 0.15) is 17.2 Å². The van der Waals surface area contributed by atoms with E-state index >= 15 is 0 Å². The highest BCUT2D eigenvalue weighted by molar-refractivity contribution is 5.50. The Morgan fingerprint density at radius 1 is 1.16 bits per heavy atom. The average Bonchev–Trinajstić information content (AvgIpc) is 2.48. The van der Waals surface area contributed by atoms with Gasteiger partial charge >= 0.3 is 0 Å². The Morgan fingerprint density at radius 3 is 2.47 bits per heavy atom. The molecule has 0 radical (unpaired) electrons. The first-order chi connectivity index (χ1) is 9.31. The molecule has 100 valence electrons. The third kappa shape index (κ3) is 2.64. The molecule has 1 heterocycles. The topological polar surface area (TPSA) is 82.3 Å². The van der Waals surface area contributed by atoms with E-state index in [4.69, 9.17) is 15.3 Å². The molecule has 0 aliphatic rings. The minimum atomic E-state index is -0.272. The number of benzene rings is 1. The maximum absolute atomic E-state index is 5.65. The van der Waals surface area contributed by atoms with Crippen LogP contribution in [0.3, 0.4) is 0 Å². The van der Waals surface area contributed by atoms with E-state index in [0.29, 0.717) is 11.5 Å². The van der Waals surface area contributed by atoms with Gasteiger partial charge in [-0.1, -0.05) is 12.1 Å². The van der Waals surface area contributed by atoms with Gasteiger partial charge in [0.15, 0.2) is 11.5 Å². The Balaban J connectivity index is 2.50. The summed E-state index contributed by atoms with van der Waals surface area (Å²) in [7, 11) is 3.19. The summed E-state index contributed by atoms with van der Waals surface area (Å²) in [4.78, 5) is 8.00. The Kier molecular flexibility index (Phi) is 4.27. The van der Waals surface area contributed by atoms with Gasteiger partial charge in [0, 0.05) is 23.5 Å². The second kappa shape index (κ2) is 6.12. The Morgan fingerprint density at radius 2 is 1.89 bits per heavy atom. The van der Waals surface area contributed by atoms with Gasteiger partial charge in [0.2, 0.25) is 0 Å². The zero-order valence-electron chi connectivity index (χ0n) is 10.8. The van der Waals surface area contributed by atoms with Crippen molar-refractivity contribution in [1.29, 1.82) is 0 Å². The molecular weight excluding hydrogens is 244 g/mol. The maximum atomic E-state index is 5.65. The number of hydrazine groups is 1. The number of methoxy groups -OCH3 is 2. The number of ether oxygens (including phenoxy) is 2. The van der Waals surface area contributed by atoms with Crippen LogP contribution in [-0.4, -0.2) is 24.2 Å². The Labute approximate surface area is 111 Å². The van der Waals surface area contributed by atoms with E-state index in [1.165, 1.54) is 6.33 Å². The summed E-state index contributed by atoms with van der Waals surface area (Å²) >= 11 is 0. The first-order valence-corrected chi connectivity index (χ1v) is 5.73. The van der Waals surface area contributed by atoms with Crippen LogP contribution in [0.4, 0.5) is 0 Å². The first kappa shape index (κ1) is 13.3. The van der Waals surface area contributed by atoms with E-state index in [-0.39, 0.29) is 6.04 Å². The van der Waals surface area contributed by atoms with E-state index in [2.05, 4.69) is 15.4 Å². The molecule has 19 heavy (non-hydrogen) atoms. The summed E-state index contributed by atoms with van der Waals surface area (Å²) < 4.78 is 10.7. The molecule has 0 bridgehead atoms. The molecule has 1 aromatic carbocycles. The summed E-state index contributed by atoms with van der Waals surface area (Å²) in [5.41, 5.74) is 4.45. The zero-order valence-corrected chi connectivity index (χ0v) is 10.8. The lowest BCUT2D eigenvalue weighted by Crippen LogP contribution is -2.29. The fraction of sp³-hybridized carbons (Fsp3) is 0.231. The molecule has 1 unspecified atom stereocenters.